The van der Waals surface area contributed by atoms with Gasteiger partial charge in [-0.2, -0.15) is 4.98 Å². The number of amides is 1. The summed E-state index contributed by atoms with van der Waals surface area (Å²) in [5.74, 6) is 0.948. The molecular formula is C21H29ClN6O3. The van der Waals surface area contributed by atoms with E-state index < -0.39 is 5.60 Å². The Balaban J connectivity index is 1.50. The van der Waals surface area contributed by atoms with Gasteiger partial charge in [0.25, 0.3) is 5.56 Å². The molecule has 2 aromatic heterocycles. The molecule has 3 heterocycles. The number of nitrogens with zero attached hydrogens (tertiary/aromatic N) is 5. The second-order valence-electron chi connectivity index (χ2n) is 9.52. The van der Waals surface area contributed by atoms with E-state index in [1.807, 2.05) is 27.7 Å². The van der Waals surface area contributed by atoms with Crippen LogP contribution in [0.4, 0.5) is 10.6 Å². The van der Waals surface area contributed by atoms with Crippen LogP contribution in [-0.4, -0.2) is 55.7 Å². The average molecular weight is 449 g/mol. The molecule has 0 bridgehead atoms. The summed E-state index contributed by atoms with van der Waals surface area (Å²) in [6.45, 7) is 9.37. The quantitative estimate of drug-likeness (QED) is 0.698. The molecule has 2 aromatic rings. The second kappa shape index (κ2) is 8.26. The lowest BCUT2D eigenvalue weighted by molar-refractivity contribution is 0.0289. The van der Waals surface area contributed by atoms with Gasteiger partial charge in [0, 0.05) is 25.7 Å². The minimum atomic E-state index is -0.517. The normalized spacial score (nSPS) is 20.2. The van der Waals surface area contributed by atoms with Crippen LogP contribution in [0.5, 0.6) is 0 Å². The van der Waals surface area contributed by atoms with Crippen LogP contribution in [-0.2, 0) is 4.74 Å². The highest BCUT2D eigenvalue weighted by molar-refractivity contribution is 6.28. The predicted molar refractivity (Wildman–Crippen MR) is 118 cm³/mol. The van der Waals surface area contributed by atoms with E-state index in [0.29, 0.717) is 36.7 Å². The zero-order valence-electron chi connectivity index (χ0n) is 18.4. The lowest BCUT2D eigenvalue weighted by atomic mass is 10.1. The summed E-state index contributed by atoms with van der Waals surface area (Å²) in [5.41, 5.74) is 0.271. The average Bonchev–Trinajstić information content (AvgIpc) is 3.42. The van der Waals surface area contributed by atoms with Crippen LogP contribution in [0.25, 0.3) is 11.2 Å². The number of anilines is 1. The van der Waals surface area contributed by atoms with Gasteiger partial charge in [-0.05, 0) is 70.4 Å². The van der Waals surface area contributed by atoms with E-state index in [9.17, 15) is 9.59 Å². The van der Waals surface area contributed by atoms with Crippen molar-refractivity contribution >= 4 is 34.7 Å². The molecule has 2 atom stereocenters. The van der Waals surface area contributed by atoms with Crippen molar-refractivity contribution in [1.82, 2.24) is 24.4 Å². The highest BCUT2D eigenvalue weighted by Gasteiger charge is 2.33. The van der Waals surface area contributed by atoms with Crippen LogP contribution < -0.4 is 10.9 Å². The molecule has 168 valence electrons. The predicted octanol–water partition coefficient (Wildman–Crippen LogP) is 3.48. The Labute approximate surface area is 186 Å². The molecule has 1 saturated heterocycles. The molecule has 1 aliphatic carbocycles. The zero-order chi connectivity index (χ0) is 22.3. The molecule has 2 aliphatic rings. The molecule has 9 nitrogen and oxygen atoms in total. The van der Waals surface area contributed by atoms with Gasteiger partial charge in [-0.25, -0.2) is 14.8 Å². The molecule has 2 fully saturated rings. The number of hydrogen-bond acceptors (Lipinski definition) is 7. The molecule has 1 aliphatic heterocycles. The Morgan fingerprint density at radius 2 is 2.06 bits per heavy atom. The minimum absolute atomic E-state index is 0.0126. The number of fused-ring (bicyclic) bond motifs is 1. The van der Waals surface area contributed by atoms with Crippen molar-refractivity contribution in [2.45, 2.75) is 58.6 Å². The van der Waals surface area contributed by atoms with E-state index in [-0.39, 0.29) is 34.7 Å². The van der Waals surface area contributed by atoms with Crippen LogP contribution in [0.2, 0.25) is 5.28 Å². The first kappa shape index (κ1) is 21.8. The molecule has 1 N–H and O–H groups in total. The van der Waals surface area contributed by atoms with Gasteiger partial charge in [0.1, 0.15) is 11.1 Å². The number of ether oxygens (including phenoxy) is 1. The SMILES string of the molecule is CC(C1CC1)n1c(=O)c(NCC2CCN(C(=O)OC(C)(C)C)C2)nc2cnc(Cl)nc21. The lowest BCUT2D eigenvalue weighted by Gasteiger charge is -2.24. The van der Waals surface area contributed by atoms with Gasteiger partial charge in [-0.3, -0.25) is 9.36 Å². The van der Waals surface area contributed by atoms with Gasteiger partial charge in [-0.15, -0.1) is 0 Å². The van der Waals surface area contributed by atoms with Gasteiger partial charge in [0.2, 0.25) is 5.28 Å². The van der Waals surface area contributed by atoms with E-state index in [4.69, 9.17) is 16.3 Å². The van der Waals surface area contributed by atoms with E-state index in [2.05, 4.69) is 20.3 Å². The summed E-state index contributed by atoms with van der Waals surface area (Å²) in [6, 6.07) is 0.0126. The zero-order valence-corrected chi connectivity index (χ0v) is 19.1. The maximum Gasteiger partial charge on any atom is 0.410 e. The largest absolute Gasteiger partial charge is 0.444 e. The summed E-state index contributed by atoms with van der Waals surface area (Å²) in [5, 5.41) is 3.31. The lowest BCUT2D eigenvalue weighted by Crippen LogP contribution is -2.36. The van der Waals surface area contributed by atoms with Crippen molar-refractivity contribution < 1.29 is 9.53 Å². The fourth-order valence-electron chi connectivity index (χ4n) is 4.00. The Bertz CT molecular complexity index is 1050. The molecule has 10 heteroatoms. The molecule has 0 spiro atoms. The first-order valence-electron chi connectivity index (χ1n) is 10.8. The number of rotatable bonds is 5. The number of carbonyl (C=O) groups is 1. The fraction of sp³-hybridized carbons (Fsp3) is 0.667. The monoisotopic (exact) mass is 448 g/mol. The number of carbonyl (C=O) groups excluding carboxylic acids is 1. The Kier molecular flexibility index (Phi) is 5.81. The summed E-state index contributed by atoms with van der Waals surface area (Å²) >= 11 is 5.99. The third-order valence-corrected chi connectivity index (χ3v) is 5.99. The van der Waals surface area contributed by atoms with Crippen LogP contribution >= 0.6 is 11.6 Å². The maximum atomic E-state index is 13.3. The van der Waals surface area contributed by atoms with E-state index in [1.165, 1.54) is 0 Å². The highest BCUT2D eigenvalue weighted by atomic mass is 35.5. The minimum Gasteiger partial charge on any atom is -0.444 e. The first-order chi connectivity index (χ1) is 14.6. The fourth-order valence-corrected chi connectivity index (χ4v) is 4.12. The second-order valence-corrected chi connectivity index (χ2v) is 9.86. The molecule has 1 amide bonds. The molecule has 0 radical (unpaired) electrons. The van der Waals surface area contributed by atoms with Crippen molar-refractivity contribution in [2.24, 2.45) is 11.8 Å². The summed E-state index contributed by atoms with van der Waals surface area (Å²) in [6.07, 6.45) is 4.29. The van der Waals surface area contributed by atoms with Crippen LogP contribution in [0.3, 0.4) is 0 Å². The Morgan fingerprint density at radius 3 is 2.74 bits per heavy atom. The standard InChI is InChI=1S/C21H29ClN6O3/c1-12(14-5-6-14)28-17-15(10-24-19(22)26-17)25-16(18(28)29)23-9-13-7-8-27(11-13)20(30)31-21(2,3)4/h10,12-14H,5-9,11H2,1-4H3,(H,23,25). The third-order valence-electron chi connectivity index (χ3n) is 5.81. The molecule has 31 heavy (non-hydrogen) atoms. The molecular weight excluding hydrogens is 420 g/mol. The number of likely N-dealkylation sites (tertiary alicyclic amines) is 1. The van der Waals surface area contributed by atoms with Crippen molar-refractivity contribution in [3.8, 4) is 0 Å². The Hall–Kier alpha value is -2.42. The van der Waals surface area contributed by atoms with Crippen LogP contribution in [0.15, 0.2) is 11.0 Å². The topological polar surface area (TPSA) is 102 Å². The summed E-state index contributed by atoms with van der Waals surface area (Å²) < 4.78 is 7.15. The maximum absolute atomic E-state index is 13.3. The van der Waals surface area contributed by atoms with Crippen molar-refractivity contribution in [2.75, 3.05) is 25.0 Å². The molecule has 1 saturated carbocycles. The highest BCUT2D eigenvalue weighted by Crippen LogP contribution is 2.39. The van der Waals surface area contributed by atoms with Crippen molar-refractivity contribution in [3.05, 3.63) is 21.8 Å². The smallest absolute Gasteiger partial charge is 0.410 e. The van der Waals surface area contributed by atoms with Gasteiger partial charge in [0.15, 0.2) is 11.5 Å². The van der Waals surface area contributed by atoms with E-state index in [0.717, 1.165) is 19.3 Å². The van der Waals surface area contributed by atoms with Gasteiger partial charge in [0.05, 0.1) is 6.20 Å². The van der Waals surface area contributed by atoms with Gasteiger partial charge >= 0.3 is 6.09 Å². The van der Waals surface area contributed by atoms with Gasteiger partial charge in [-0.1, -0.05) is 0 Å². The summed E-state index contributed by atoms with van der Waals surface area (Å²) in [4.78, 5) is 40.0. The van der Waals surface area contributed by atoms with Crippen LogP contribution in [0, 0.1) is 11.8 Å². The summed E-state index contributed by atoms with van der Waals surface area (Å²) in [7, 11) is 0. The van der Waals surface area contributed by atoms with Gasteiger partial charge < -0.3 is 15.0 Å². The molecule has 0 aromatic carbocycles. The number of aromatic nitrogens is 4. The first-order valence-corrected chi connectivity index (χ1v) is 11.2. The van der Waals surface area contributed by atoms with Crippen LogP contribution in [0.1, 0.15) is 53.0 Å². The number of hydrogen-bond donors (Lipinski definition) is 1. The van der Waals surface area contributed by atoms with Crippen molar-refractivity contribution in [1.29, 1.82) is 0 Å². The van der Waals surface area contributed by atoms with E-state index in [1.54, 1.807) is 15.7 Å². The third kappa shape index (κ3) is 4.92. The van der Waals surface area contributed by atoms with Crippen molar-refractivity contribution in [3.63, 3.8) is 0 Å². The van der Waals surface area contributed by atoms with E-state index >= 15 is 0 Å². The molecule has 4 rings (SSSR count). The number of halogens is 1. The molecule has 2 unspecified atom stereocenters. The Morgan fingerprint density at radius 1 is 1.32 bits per heavy atom. The number of nitrogens with one attached hydrogen (secondary N) is 1.